The fourth-order valence-corrected chi connectivity index (χ4v) is 3.31. The van der Waals surface area contributed by atoms with Crippen molar-refractivity contribution in [3.63, 3.8) is 0 Å². The third kappa shape index (κ3) is 4.48. The number of rotatable bonds is 4. The smallest absolute Gasteiger partial charge is 0.311 e. The SMILES string of the molecule is C/C(=C\[C@@H](C)[C@H]1O[C@]2(C)CC=C[C@@H](O2)[C@@H]1C)COC(=O)C(C)(C)C. The molecule has 0 radical (unpaired) electrons. The molecule has 136 valence electrons. The second-order valence-corrected chi connectivity index (χ2v) is 8.49. The Balaban J connectivity index is 1.99. The first-order chi connectivity index (χ1) is 11.0. The summed E-state index contributed by atoms with van der Waals surface area (Å²) < 4.78 is 17.7. The van der Waals surface area contributed by atoms with Gasteiger partial charge in [0.15, 0.2) is 5.79 Å². The van der Waals surface area contributed by atoms with E-state index in [1.54, 1.807) is 0 Å². The maximum atomic E-state index is 11.9. The van der Waals surface area contributed by atoms with Crippen LogP contribution in [0.4, 0.5) is 0 Å². The van der Waals surface area contributed by atoms with Crippen LogP contribution in [0.25, 0.3) is 0 Å². The van der Waals surface area contributed by atoms with E-state index in [9.17, 15) is 4.79 Å². The van der Waals surface area contributed by atoms with Gasteiger partial charge in [-0.1, -0.05) is 32.1 Å². The van der Waals surface area contributed by atoms with Gasteiger partial charge in [-0.15, -0.1) is 0 Å². The van der Waals surface area contributed by atoms with Crippen LogP contribution >= 0.6 is 0 Å². The summed E-state index contributed by atoms with van der Waals surface area (Å²) in [5, 5.41) is 0. The summed E-state index contributed by atoms with van der Waals surface area (Å²) in [5.74, 6) is -0.187. The zero-order valence-corrected chi connectivity index (χ0v) is 16.1. The molecule has 2 aliphatic heterocycles. The lowest BCUT2D eigenvalue weighted by molar-refractivity contribution is -0.326. The Morgan fingerprint density at radius 3 is 2.71 bits per heavy atom. The van der Waals surface area contributed by atoms with E-state index in [0.717, 1.165) is 12.0 Å². The van der Waals surface area contributed by atoms with Crippen LogP contribution in [0, 0.1) is 17.3 Å². The first kappa shape index (κ1) is 19.2. The molecular weight excluding hydrogens is 304 g/mol. The number of hydrogen-bond donors (Lipinski definition) is 0. The molecule has 2 aliphatic rings. The monoisotopic (exact) mass is 336 g/mol. The molecule has 4 nitrogen and oxygen atoms in total. The summed E-state index contributed by atoms with van der Waals surface area (Å²) in [5.41, 5.74) is 0.580. The minimum Gasteiger partial charge on any atom is -0.461 e. The molecule has 0 saturated carbocycles. The largest absolute Gasteiger partial charge is 0.461 e. The first-order valence-electron chi connectivity index (χ1n) is 8.89. The average molecular weight is 336 g/mol. The van der Waals surface area contributed by atoms with Gasteiger partial charge >= 0.3 is 5.97 Å². The highest BCUT2D eigenvalue weighted by Gasteiger charge is 2.45. The van der Waals surface area contributed by atoms with E-state index < -0.39 is 11.2 Å². The predicted octanol–water partition coefficient (Wildman–Crippen LogP) is 4.25. The normalized spacial score (nSPS) is 34.8. The third-order valence-electron chi connectivity index (χ3n) is 4.73. The maximum absolute atomic E-state index is 11.9. The van der Waals surface area contributed by atoms with Crippen LogP contribution in [0.3, 0.4) is 0 Å². The zero-order chi connectivity index (χ0) is 18.1. The van der Waals surface area contributed by atoms with E-state index in [0.29, 0.717) is 6.61 Å². The van der Waals surface area contributed by atoms with Crippen molar-refractivity contribution >= 4 is 5.97 Å². The van der Waals surface area contributed by atoms with Crippen LogP contribution in [-0.2, 0) is 19.0 Å². The molecule has 24 heavy (non-hydrogen) atoms. The quantitative estimate of drug-likeness (QED) is 0.568. The molecule has 0 N–H and O–H groups in total. The van der Waals surface area contributed by atoms with Crippen molar-refractivity contribution in [2.45, 2.75) is 72.9 Å². The van der Waals surface area contributed by atoms with E-state index in [4.69, 9.17) is 14.2 Å². The summed E-state index contributed by atoms with van der Waals surface area (Å²) in [6.07, 6.45) is 7.44. The number of fused-ring (bicyclic) bond motifs is 2. The van der Waals surface area contributed by atoms with Crippen molar-refractivity contribution in [2.24, 2.45) is 17.3 Å². The van der Waals surface area contributed by atoms with Gasteiger partial charge in [-0.25, -0.2) is 0 Å². The lowest BCUT2D eigenvalue weighted by Crippen LogP contribution is -2.54. The van der Waals surface area contributed by atoms with E-state index in [1.807, 2.05) is 34.6 Å². The zero-order valence-electron chi connectivity index (χ0n) is 16.1. The fraction of sp³-hybridized carbons (Fsp3) is 0.750. The van der Waals surface area contributed by atoms with Crippen LogP contribution in [0.15, 0.2) is 23.8 Å². The van der Waals surface area contributed by atoms with Crippen LogP contribution in [-0.4, -0.2) is 30.6 Å². The van der Waals surface area contributed by atoms with Gasteiger partial charge in [0.25, 0.3) is 0 Å². The lowest BCUT2D eigenvalue weighted by Gasteiger charge is -2.49. The molecule has 0 spiro atoms. The predicted molar refractivity (Wildman–Crippen MR) is 94.4 cm³/mol. The van der Waals surface area contributed by atoms with Crippen molar-refractivity contribution in [1.29, 1.82) is 0 Å². The minimum atomic E-state index is -0.523. The van der Waals surface area contributed by atoms with E-state index >= 15 is 0 Å². The lowest BCUT2D eigenvalue weighted by atomic mass is 9.84. The number of carbonyl (C=O) groups is 1. The van der Waals surface area contributed by atoms with Gasteiger partial charge in [-0.3, -0.25) is 4.79 Å². The van der Waals surface area contributed by atoms with Crippen LogP contribution in [0.5, 0.6) is 0 Å². The number of ether oxygens (including phenoxy) is 3. The minimum absolute atomic E-state index is 0.0898. The Morgan fingerprint density at radius 1 is 1.42 bits per heavy atom. The van der Waals surface area contributed by atoms with Gasteiger partial charge in [0.2, 0.25) is 0 Å². The molecule has 4 heteroatoms. The van der Waals surface area contributed by atoms with Crippen LogP contribution in [0.2, 0.25) is 0 Å². The molecule has 0 unspecified atom stereocenters. The molecule has 1 fully saturated rings. The molecule has 0 aromatic rings. The summed E-state index contributed by atoms with van der Waals surface area (Å²) in [6.45, 7) is 14.3. The van der Waals surface area contributed by atoms with Gasteiger partial charge in [-0.2, -0.15) is 0 Å². The summed E-state index contributed by atoms with van der Waals surface area (Å²) in [7, 11) is 0. The molecule has 0 aliphatic carbocycles. The van der Waals surface area contributed by atoms with Gasteiger partial charge < -0.3 is 14.2 Å². The summed E-state index contributed by atoms with van der Waals surface area (Å²) >= 11 is 0. The standard InChI is InChI=1S/C20H32O4/c1-13(12-22-18(21)19(4,5)6)11-14(2)17-15(3)16-9-8-10-20(7,23-16)24-17/h8-9,11,14-17H,10,12H2,1-7H3/b13-11+/t14-,15+,16-,17-,20-/m1/s1. The van der Waals surface area contributed by atoms with Gasteiger partial charge in [0.05, 0.1) is 17.6 Å². The van der Waals surface area contributed by atoms with E-state index in [1.165, 1.54) is 0 Å². The number of hydrogen-bond acceptors (Lipinski definition) is 4. The second kappa shape index (κ2) is 7.01. The second-order valence-electron chi connectivity index (χ2n) is 8.49. The Hall–Kier alpha value is -1.13. The molecule has 0 aromatic carbocycles. The molecule has 0 aromatic heterocycles. The van der Waals surface area contributed by atoms with Crippen LogP contribution < -0.4 is 0 Å². The van der Waals surface area contributed by atoms with Crippen molar-refractivity contribution < 1.29 is 19.0 Å². The van der Waals surface area contributed by atoms with Crippen molar-refractivity contribution in [1.82, 2.24) is 0 Å². The van der Waals surface area contributed by atoms with Crippen LogP contribution in [0.1, 0.15) is 54.9 Å². The Kier molecular flexibility index (Phi) is 5.61. The molecule has 0 amide bonds. The fourth-order valence-electron chi connectivity index (χ4n) is 3.31. The molecule has 2 bridgehead atoms. The summed E-state index contributed by atoms with van der Waals surface area (Å²) in [6, 6.07) is 0. The van der Waals surface area contributed by atoms with Gasteiger partial charge in [0, 0.05) is 18.3 Å². The molecule has 2 heterocycles. The van der Waals surface area contributed by atoms with Crippen molar-refractivity contribution in [3.05, 3.63) is 23.8 Å². The molecule has 2 rings (SSSR count). The average Bonchev–Trinajstić information content (AvgIpc) is 2.47. The number of esters is 1. The van der Waals surface area contributed by atoms with Gasteiger partial charge in [0.1, 0.15) is 6.61 Å². The molecule has 5 atom stereocenters. The van der Waals surface area contributed by atoms with Crippen molar-refractivity contribution in [2.75, 3.05) is 6.61 Å². The molecule has 1 saturated heterocycles. The Labute approximate surface area is 146 Å². The Morgan fingerprint density at radius 2 is 2.08 bits per heavy atom. The van der Waals surface area contributed by atoms with E-state index in [-0.39, 0.29) is 30.0 Å². The molecular formula is C20H32O4. The highest BCUT2D eigenvalue weighted by molar-refractivity contribution is 5.75. The summed E-state index contributed by atoms with van der Waals surface area (Å²) in [4.78, 5) is 11.9. The highest BCUT2D eigenvalue weighted by Crippen LogP contribution is 2.40. The third-order valence-corrected chi connectivity index (χ3v) is 4.73. The maximum Gasteiger partial charge on any atom is 0.311 e. The number of carbonyl (C=O) groups excluding carboxylic acids is 1. The Bertz CT molecular complexity index is 528. The first-order valence-corrected chi connectivity index (χ1v) is 8.89. The van der Waals surface area contributed by atoms with Gasteiger partial charge in [-0.05, 0) is 40.2 Å². The van der Waals surface area contributed by atoms with Crippen molar-refractivity contribution in [3.8, 4) is 0 Å². The topological polar surface area (TPSA) is 44.8 Å². The van der Waals surface area contributed by atoms with E-state index in [2.05, 4.69) is 32.1 Å². The highest BCUT2D eigenvalue weighted by atomic mass is 16.7.